The summed E-state index contributed by atoms with van der Waals surface area (Å²) in [6.45, 7) is 0. The molecule has 1 aromatic heterocycles. The van der Waals surface area contributed by atoms with Gasteiger partial charge in [-0.2, -0.15) is 13.8 Å². The topological polar surface area (TPSA) is 85.1 Å². The number of rotatable bonds is 3. The Balaban J connectivity index is 2.34. The summed E-state index contributed by atoms with van der Waals surface area (Å²) in [5, 5.41) is 13.0. The Morgan fingerprint density at radius 2 is 2.00 bits per heavy atom. The van der Waals surface area contributed by atoms with Gasteiger partial charge in [-0.05, 0) is 24.3 Å². The van der Waals surface area contributed by atoms with E-state index >= 15 is 0 Å². The van der Waals surface area contributed by atoms with Crippen molar-refractivity contribution < 1.29 is 18.5 Å². The number of carbonyl (C=O) groups excluding carboxylic acids is 1. The molecule has 1 heterocycles. The van der Waals surface area contributed by atoms with E-state index in [1.54, 1.807) is 0 Å². The predicted octanol–water partition coefficient (Wildman–Crippen LogP) is 3.17. The number of aromatic nitrogens is 1. The molecule has 0 aliphatic rings. The molecule has 2 rings (SSSR count). The minimum absolute atomic E-state index is 0.0767. The molecule has 6 nitrogen and oxygen atoms in total. The van der Waals surface area contributed by atoms with Crippen LogP contribution in [0.3, 0.4) is 0 Å². The SMILES string of the molecule is O=C(Nc1ccc(F)nc1F)c1ccc(Cl)cc1[N+](=O)[O-]. The van der Waals surface area contributed by atoms with Crippen molar-refractivity contribution in [2.24, 2.45) is 0 Å². The average molecular weight is 314 g/mol. The van der Waals surface area contributed by atoms with E-state index in [1.807, 2.05) is 0 Å². The first-order valence-corrected chi connectivity index (χ1v) is 5.83. The third-order valence-corrected chi connectivity index (χ3v) is 2.70. The Labute approximate surface area is 121 Å². The number of benzene rings is 1. The van der Waals surface area contributed by atoms with Crippen LogP contribution in [0.5, 0.6) is 0 Å². The lowest BCUT2D eigenvalue weighted by Crippen LogP contribution is -2.15. The molecular weight excluding hydrogens is 308 g/mol. The number of halogens is 3. The summed E-state index contributed by atoms with van der Waals surface area (Å²) < 4.78 is 26.0. The molecule has 0 fully saturated rings. The summed E-state index contributed by atoms with van der Waals surface area (Å²) in [5.74, 6) is -3.23. The fourth-order valence-electron chi connectivity index (χ4n) is 1.54. The summed E-state index contributed by atoms with van der Waals surface area (Å²) >= 11 is 5.62. The van der Waals surface area contributed by atoms with Crippen LogP contribution >= 0.6 is 11.6 Å². The number of anilines is 1. The van der Waals surface area contributed by atoms with E-state index < -0.39 is 34.1 Å². The van der Waals surface area contributed by atoms with Crippen molar-refractivity contribution in [1.29, 1.82) is 0 Å². The van der Waals surface area contributed by atoms with E-state index in [0.29, 0.717) is 0 Å². The molecule has 108 valence electrons. The van der Waals surface area contributed by atoms with Gasteiger partial charge in [0.2, 0.25) is 11.9 Å². The summed E-state index contributed by atoms with van der Waals surface area (Å²) in [4.78, 5) is 24.9. The Kier molecular flexibility index (Phi) is 4.08. The molecule has 1 N–H and O–H groups in total. The first-order valence-electron chi connectivity index (χ1n) is 5.46. The van der Waals surface area contributed by atoms with Gasteiger partial charge < -0.3 is 5.32 Å². The number of nitrogens with zero attached hydrogens (tertiary/aromatic N) is 2. The summed E-state index contributed by atoms with van der Waals surface area (Å²) in [7, 11) is 0. The zero-order valence-corrected chi connectivity index (χ0v) is 10.9. The molecule has 1 amide bonds. The minimum atomic E-state index is -1.24. The maximum Gasteiger partial charge on any atom is 0.283 e. The number of hydrogen-bond acceptors (Lipinski definition) is 4. The van der Waals surface area contributed by atoms with Crippen molar-refractivity contribution >= 4 is 28.9 Å². The Morgan fingerprint density at radius 1 is 1.29 bits per heavy atom. The first-order chi connectivity index (χ1) is 9.88. The van der Waals surface area contributed by atoms with E-state index in [1.165, 1.54) is 6.07 Å². The van der Waals surface area contributed by atoms with Crippen LogP contribution in [-0.2, 0) is 0 Å². The lowest BCUT2D eigenvalue weighted by molar-refractivity contribution is -0.385. The zero-order valence-electron chi connectivity index (χ0n) is 10.1. The van der Waals surface area contributed by atoms with E-state index in [0.717, 1.165) is 24.3 Å². The summed E-state index contributed by atoms with van der Waals surface area (Å²) in [6, 6.07) is 5.20. The number of nitro benzene ring substituents is 1. The van der Waals surface area contributed by atoms with E-state index in [-0.39, 0.29) is 10.6 Å². The second-order valence-electron chi connectivity index (χ2n) is 3.85. The molecule has 0 saturated carbocycles. The monoisotopic (exact) mass is 313 g/mol. The summed E-state index contributed by atoms with van der Waals surface area (Å²) in [5.41, 5.74) is -1.24. The van der Waals surface area contributed by atoms with Crippen molar-refractivity contribution in [2.75, 3.05) is 5.32 Å². The normalized spacial score (nSPS) is 10.2. The summed E-state index contributed by atoms with van der Waals surface area (Å²) in [6.07, 6.45) is 0. The van der Waals surface area contributed by atoms with Crippen LogP contribution in [0, 0.1) is 22.0 Å². The standard InChI is InChI=1S/C12H6ClF2N3O3/c13-6-1-2-7(9(5-6)18(20)21)12(19)16-8-3-4-10(14)17-11(8)15/h1-5H,(H,16,19). The Bertz CT molecular complexity index is 740. The molecule has 2 aromatic rings. The third kappa shape index (κ3) is 3.29. The van der Waals surface area contributed by atoms with Gasteiger partial charge in [-0.25, -0.2) is 0 Å². The second-order valence-corrected chi connectivity index (χ2v) is 4.28. The van der Waals surface area contributed by atoms with Gasteiger partial charge in [0.25, 0.3) is 11.6 Å². The molecule has 0 spiro atoms. The molecule has 0 atom stereocenters. The predicted molar refractivity (Wildman–Crippen MR) is 70.2 cm³/mol. The van der Waals surface area contributed by atoms with Crippen LogP contribution in [0.25, 0.3) is 0 Å². The van der Waals surface area contributed by atoms with Crippen molar-refractivity contribution in [1.82, 2.24) is 4.98 Å². The molecule has 0 bridgehead atoms. The number of carbonyl (C=O) groups is 1. The lowest BCUT2D eigenvalue weighted by Gasteiger charge is -2.06. The molecule has 1 aromatic carbocycles. The van der Waals surface area contributed by atoms with Crippen LogP contribution in [0.15, 0.2) is 30.3 Å². The van der Waals surface area contributed by atoms with Gasteiger partial charge in [-0.1, -0.05) is 11.6 Å². The number of nitrogens with one attached hydrogen (secondary N) is 1. The highest BCUT2D eigenvalue weighted by Crippen LogP contribution is 2.24. The molecular formula is C12H6ClF2N3O3. The number of amides is 1. The van der Waals surface area contributed by atoms with Gasteiger partial charge in [0, 0.05) is 11.1 Å². The first kappa shape index (κ1) is 14.8. The zero-order chi connectivity index (χ0) is 15.6. The molecule has 0 aliphatic heterocycles. The van der Waals surface area contributed by atoms with Crippen molar-refractivity contribution in [3.05, 3.63) is 62.9 Å². The molecule has 0 radical (unpaired) electrons. The van der Waals surface area contributed by atoms with Gasteiger partial charge in [0.05, 0.1) is 10.6 Å². The largest absolute Gasteiger partial charge is 0.318 e. The van der Waals surface area contributed by atoms with Gasteiger partial charge in [-0.15, -0.1) is 0 Å². The van der Waals surface area contributed by atoms with Gasteiger partial charge in [0.1, 0.15) is 5.56 Å². The van der Waals surface area contributed by atoms with Gasteiger partial charge in [-0.3, -0.25) is 14.9 Å². The highest BCUT2D eigenvalue weighted by molar-refractivity contribution is 6.31. The maximum atomic E-state index is 13.3. The highest BCUT2D eigenvalue weighted by Gasteiger charge is 2.21. The third-order valence-electron chi connectivity index (χ3n) is 2.46. The van der Waals surface area contributed by atoms with Gasteiger partial charge in [0.15, 0.2) is 0 Å². The van der Waals surface area contributed by atoms with E-state index in [2.05, 4.69) is 10.3 Å². The molecule has 21 heavy (non-hydrogen) atoms. The van der Waals surface area contributed by atoms with Crippen molar-refractivity contribution in [2.45, 2.75) is 0 Å². The van der Waals surface area contributed by atoms with Crippen LogP contribution in [0.1, 0.15) is 10.4 Å². The smallest absolute Gasteiger partial charge is 0.283 e. The Morgan fingerprint density at radius 3 is 2.62 bits per heavy atom. The number of pyridine rings is 1. The van der Waals surface area contributed by atoms with Crippen LogP contribution < -0.4 is 5.32 Å². The number of hydrogen-bond donors (Lipinski definition) is 1. The van der Waals surface area contributed by atoms with Crippen LogP contribution in [0.4, 0.5) is 20.2 Å². The van der Waals surface area contributed by atoms with Crippen molar-refractivity contribution in [3.8, 4) is 0 Å². The second kappa shape index (κ2) is 5.80. The van der Waals surface area contributed by atoms with Crippen LogP contribution in [-0.4, -0.2) is 15.8 Å². The van der Waals surface area contributed by atoms with Crippen molar-refractivity contribution in [3.63, 3.8) is 0 Å². The van der Waals surface area contributed by atoms with Gasteiger partial charge >= 0.3 is 0 Å². The molecule has 0 saturated heterocycles. The number of nitro groups is 1. The quantitative estimate of drug-likeness (QED) is 0.536. The fourth-order valence-corrected chi connectivity index (χ4v) is 1.71. The maximum absolute atomic E-state index is 13.3. The van der Waals surface area contributed by atoms with Crippen LogP contribution in [0.2, 0.25) is 5.02 Å². The lowest BCUT2D eigenvalue weighted by atomic mass is 10.1. The Hall–Kier alpha value is -2.61. The highest BCUT2D eigenvalue weighted by atomic mass is 35.5. The molecule has 0 aliphatic carbocycles. The van der Waals surface area contributed by atoms with E-state index in [4.69, 9.17) is 11.6 Å². The minimum Gasteiger partial charge on any atom is -0.318 e. The average Bonchev–Trinajstić information content (AvgIpc) is 2.41. The molecule has 0 unspecified atom stereocenters. The fraction of sp³-hybridized carbons (Fsp3) is 0. The molecule has 9 heteroatoms. The van der Waals surface area contributed by atoms with E-state index in [9.17, 15) is 23.7 Å².